The van der Waals surface area contributed by atoms with E-state index in [0.717, 1.165) is 6.42 Å². The van der Waals surface area contributed by atoms with E-state index in [4.69, 9.17) is 5.11 Å². The fourth-order valence-corrected chi connectivity index (χ4v) is 1.22. The molecule has 1 aromatic heterocycles. The maximum atomic E-state index is 11.6. The van der Waals surface area contributed by atoms with E-state index in [-0.39, 0.29) is 24.3 Å². The fraction of sp³-hybridized carbons (Fsp3) is 0.700. The Morgan fingerprint density at radius 2 is 2.38 bits per heavy atom. The van der Waals surface area contributed by atoms with E-state index >= 15 is 0 Å². The summed E-state index contributed by atoms with van der Waals surface area (Å²) < 4.78 is 0. The first-order valence-electron chi connectivity index (χ1n) is 5.47. The van der Waals surface area contributed by atoms with Crippen molar-refractivity contribution in [2.75, 3.05) is 13.2 Å². The Labute approximate surface area is 94.5 Å². The standard InChI is InChI=1S/C10H18N4O2/c1-3-8-12-9(14-13-8)10(16)11-6-7(2)4-5-15/h7,15H,3-6H2,1-2H3,(H,11,16)(H,12,13,14). The van der Waals surface area contributed by atoms with Crippen molar-refractivity contribution in [2.45, 2.75) is 26.7 Å². The van der Waals surface area contributed by atoms with E-state index in [0.29, 0.717) is 18.8 Å². The molecular weight excluding hydrogens is 208 g/mol. The largest absolute Gasteiger partial charge is 0.396 e. The molecule has 0 bridgehead atoms. The molecule has 90 valence electrons. The first-order valence-corrected chi connectivity index (χ1v) is 5.47. The summed E-state index contributed by atoms with van der Waals surface area (Å²) in [7, 11) is 0. The lowest BCUT2D eigenvalue weighted by Gasteiger charge is -2.09. The van der Waals surface area contributed by atoms with Gasteiger partial charge in [-0.1, -0.05) is 13.8 Å². The highest BCUT2D eigenvalue weighted by molar-refractivity contribution is 5.90. The summed E-state index contributed by atoms with van der Waals surface area (Å²) in [4.78, 5) is 15.6. The van der Waals surface area contributed by atoms with Gasteiger partial charge in [-0.2, -0.15) is 0 Å². The number of nitrogens with one attached hydrogen (secondary N) is 2. The van der Waals surface area contributed by atoms with Gasteiger partial charge in [0, 0.05) is 19.6 Å². The van der Waals surface area contributed by atoms with Gasteiger partial charge in [-0.05, 0) is 12.3 Å². The van der Waals surface area contributed by atoms with Gasteiger partial charge in [-0.3, -0.25) is 9.89 Å². The molecule has 6 nitrogen and oxygen atoms in total. The molecule has 1 heterocycles. The number of hydrogen-bond donors (Lipinski definition) is 3. The predicted molar refractivity (Wildman–Crippen MR) is 59.0 cm³/mol. The summed E-state index contributed by atoms with van der Waals surface area (Å²) in [6.45, 7) is 4.56. The van der Waals surface area contributed by atoms with Crippen molar-refractivity contribution in [3.8, 4) is 0 Å². The molecule has 1 amide bonds. The van der Waals surface area contributed by atoms with Crippen LogP contribution in [-0.4, -0.2) is 39.3 Å². The summed E-state index contributed by atoms with van der Waals surface area (Å²) >= 11 is 0. The Morgan fingerprint density at radius 1 is 1.62 bits per heavy atom. The highest BCUT2D eigenvalue weighted by atomic mass is 16.3. The molecule has 0 radical (unpaired) electrons. The Bertz CT molecular complexity index is 337. The molecule has 6 heteroatoms. The fourth-order valence-electron chi connectivity index (χ4n) is 1.22. The molecular formula is C10H18N4O2. The molecule has 0 fully saturated rings. The number of amides is 1. The minimum Gasteiger partial charge on any atom is -0.396 e. The number of nitrogens with zero attached hydrogens (tertiary/aromatic N) is 2. The first kappa shape index (κ1) is 12.6. The monoisotopic (exact) mass is 226 g/mol. The molecule has 16 heavy (non-hydrogen) atoms. The number of aryl methyl sites for hydroxylation is 1. The van der Waals surface area contributed by atoms with Crippen LogP contribution in [0.2, 0.25) is 0 Å². The summed E-state index contributed by atoms with van der Waals surface area (Å²) in [5, 5.41) is 17.9. The van der Waals surface area contributed by atoms with E-state index in [1.807, 2.05) is 13.8 Å². The van der Waals surface area contributed by atoms with Gasteiger partial charge in [0.05, 0.1) is 0 Å². The lowest BCUT2D eigenvalue weighted by molar-refractivity contribution is 0.0935. The van der Waals surface area contributed by atoms with Gasteiger partial charge >= 0.3 is 0 Å². The second kappa shape index (κ2) is 6.22. The maximum absolute atomic E-state index is 11.6. The number of aromatic amines is 1. The summed E-state index contributed by atoms with van der Waals surface area (Å²) in [5.41, 5.74) is 0. The van der Waals surface area contributed by atoms with E-state index in [2.05, 4.69) is 20.5 Å². The molecule has 1 atom stereocenters. The van der Waals surface area contributed by atoms with E-state index in [9.17, 15) is 4.79 Å². The van der Waals surface area contributed by atoms with Crippen molar-refractivity contribution in [1.29, 1.82) is 0 Å². The lowest BCUT2D eigenvalue weighted by Crippen LogP contribution is -2.29. The van der Waals surface area contributed by atoms with Crippen LogP contribution >= 0.6 is 0 Å². The van der Waals surface area contributed by atoms with Crippen LogP contribution in [0, 0.1) is 5.92 Å². The van der Waals surface area contributed by atoms with Gasteiger partial charge in [0.25, 0.3) is 5.91 Å². The molecule has 3 N–H and O–H groups in total. The molecule has 0 aliphatic heterocycles. The highest BCUT2D eigenvalue weighted by Crippen LogP contribution is 1.99. The molecule has 0 saturated heterocycles. The van der Waals surface area contributed by atoms with E-state index in [1.54, 1.807) is 0 Å². The van der Waals surface area contributed by atoms with Crippen molar-refractivity contribution in [3.63, 3.8) is 0 Å². The van der Waals surface area contributed by atoms with Crippen molar-refractivity contribution in [3.05, 3.63) is 11.6 Å². The Morgan fingerprint density at radius 3 is 2.94 bits per heavy atom. The number of carbonyl (C=O) groups excluding carboxylic acids is 1. The van der Waals surface area contributed by atoms with Crippen LogP contribution in [0.25, 0.3) is 0 Å². The zero-order chi connectivity index (χ0) is 12.0. The van der Waals surface area contributed by atoms with Gasteiger partial charge in [0.15, 0.2) is 0 Å². The Hall–Kier alpha value is -1.43. The number of aromatic nitrogens is 3. The van der Waals surface area contributed by atoms with Gasteiger partial charge in [-0.25, -0.2) is 4.98 Å². The van der Waals surface area contributed by atoms with Crippen LogP contribution in [0.15, 0.2) is 0 Å². The van der Waals surface area contributed by atoms with Crippen molar-refractivity contribution >= 4 is 5.91 Å². The smallest absolute Gasteiger partial charge is 0.290 e. The third-order valence-corrected chi connectivity index (χ3v) is 2.30. The maximum Gasteiger partial charge on any atom is 0.290 e. The molecule has 1 aromatic rings. The second-order valence-electron chi connectivity index (χ2n) is 3.79. The van der Waals surface area contributed by atoms with Gasteiger partial charge in [0.2, 0.25) is 5.82 Å². The molecule has 0 aliphatic carbocycles. The van der Waals surface area contributed by atoms with Gasteiger partial charge in [-0.15, -0.1) is 5.10 Å². The Balaban J connectivity index is 2.40. The average Bonchev–Trinajstić information content (AvgIpc) is 2.75. The highest BCUT2D eigenvalue weighted by Gasteiger charge is 2.12. The average molecular weight is 226 g/mol. The second-order valence-corrected chi connectivity index (χ2v) is 3.79. The molecule has 1 rings (SSSR count). The first-order chi connectivity index (χ1) is 7.67. The summed E-state index contributed by atoms with van der Waals surface area (Å²) in [5.74, 6) is 0.848. The van der Waals surface area contributed by atoms with Crippen LogP contribution in [0.3, 0.4) is 0 Å². The number of hydrogen-bond acceptors (Lipinski definition) is 4. The van der Waals surface area contributed by atoms with Crippen LogP contribution in [-0.2, 0) is 6.42 Å². The minimum atomic E-state index is -0.277. The van der Waals surface area contributed by atoms with Gasteiger partial charge < -0.3 is 10.4 Å². The van der Waals surface area contributed by atoms with Crippen molar-refractivity contribution < 1.29 is 9.90 Å². The molecule has 0 spiro atoms. The number of aliphatic hydroxyl groups excluding tert-OH is 1. The molecule has 0 aliphatic rings. The van der Waals surface area contributed by atoms with Crippen LogP contribution in [0.5, 0.6) is 0 Å². The predicted octanol–water partition coefficient (Wildman–Crippen LogP) is 0.115. The topological polar surface area (TPSA) is 90.9 Å². The third-order valence-electron chi connectivity index (χ3n) is 2.30. The normalized spacial score (nSPS) is 12.4. The van der Waals surface area contributed by atoms with E-state index < -0.39 is 0 Å². The SMILES string of the molecule is CCc1nc(C(=O)NCC(C)CCO)n[nH]1. The Kier molecular flexibility index (Phi) is 4.91. The molecule has 1 unspecified atom stereocenters. The molecule has 0 saturated carbocycles. The van der Waals surface area contributed by atoms with Crippen LogP contribution < -0.4 is 5.32 Å². The lowest BCUT2D eigenvalue weighted by atomic mass is 10.1. The van der Waals surface area contributed by atoms with Gasteiger partial charge in [0.1, 0.15) is 5.82 Å². The number of aliphatic hydroxyl groups is 1. The zero-order valence-electron chi connectivity index (χ0n) is 9.66. The van der Waals surface area contributed by atoms with Crippen molar-refractivity contribution in [2.24, 2.45) is 5.92 Å². The van der Waals surface area contributed by atoms with Crippen LogP contribution in [0.4, 0.5) is 0 Å². The minimum absolute atomic E-state index is 0.137. The quantitative estimate of drug-likeness (QED) is 0.642. The van der Waals surface area contributed by atoms with E-state index in [1.165, 1.54) is 0 Å². The number of rotatable bonds is 6. The molecule has 0 aromatic carbocycles. The summed E-state index contributed by atoms with van der Waals surface area (Å²) in [6, 6.07) is 0. The van der Waals surface area contributed by atoms with Crippen molar-refractivity contribution in [1.82, 2.24) is 20.5 Å². The zero-order valence-corrected chi connectivity index (χ0v) is 9.66. The third kappa shape index (κ3) is 3.62. The number of H-pyrrole nitrogens is 1. The number of carbonyl (C=O) groups is 1. The summed E-state index contributed by atoms with van der Waals surface area (Å²) in [6.07, 6.45) is 1.40. The van der Waals surface area contributed by atoms with Crippen LogP contribution in [0.1, 0.15) is 36.7 Å².